The highest BCUT2D eigenvalue weighted by Gasteiger charge is 2.57. The van der Waals surface area contributed by atoms with Crippen molar-refractivity contribution in [1.29, 1.82) is 0 Å². The molecule has 4 saturated carbocycles. The summed E-state index contributed by atoms with van der Waals surface area (Å²) in [5, 5.41) is 0. The van der Waals surface area contributed by atoms with Gasteiger partial charge in [-0.25, -0.2) is 4.79 Å². The van der Waals surface area contributed by atoms with Crippen LogP contribution in [0.4, 0.5) is 0 Å². The molecule has 42 heavy (non-hydrogen) atoms. The fourth-order valence-electron chi connectivity index (χ4n) is 8.38. The van der Waals surface area contributed by atoms with E-state index in [0.717, 1.165) is 42.4 Å². The minimum atomic E-state index is -1.18. The molecule has 4 aliphatic carbocycles. The van der Waals surface area contributed by atoms with Crippen LogP contribution in [0.3, 0.4) is 0 Å². The Morgan fingerprint density at radius 1 is 0.619 bits per heavy atom. The number of hydrogen-bond donors (Lipinski definition) is 0. The van der Waals surface area contributed by atoms with Gasteiger partial charge in [-0.3, -0.25) is 9.59 Å². The molecule has 5 aliphatic rings. The Morgan fingerprint density at radius 2 is 1.05 bits per heavy atom. The fourth-order valence-corrected chi connectivity index (χ4v) is 8.38. The number of benzene rings is 3. The molecule has 6 nitrogen and oxygen atoms in total. The zero-order valence-corrected chi connectivity index (χ0v) is 23.5. The molecule has 0 N–H and O–H groups in total. The van der Waals surface area contributed by atoms with Crippen LogP contribution >= 0.6 is 0 Å². The van der Waals surface area contributed by atoms with Crippen LogP contribution in [0.25, 0.3) is 0 Å². The third-order valence-electron chi connectivity index (χ3n) is 10.6. The van der Waals surface area contributed by atoms with E-state index in [4.69, 9.17) is 14.2 Å². The molecule has 214 valence electrons. The molecule has 3 aromatic rings. The average molecular weight is 563 g/mol. The zero-order valence-electron chi connectivity index (χ0n) is 23.5. The molecular weight excluding hydrogens is 528 g/mol. The Balaban J connectivity index is 1.06. The minimum Gasteiger partial charge on any atom is -0.441 e. The summed E-state index contributed by atoms with van der Waals surface area (Å²) < 4.78 is 17.8. The molecule has 0 spiro atoms. The molecule has 6 atom stereocenters. The number of hydrogen-bond acceptors (Lipinski definition) is 6. The lowest BCUT2D eigenvalue weighted by molar-refractivity contribution is -0.137. The molecular formula is C36H34O6. The van der Waals surface area contributed by atoms with Gasteiger partial charge in [-0.05, 0) is 79.7 Å². The molecule has 0 amide bonds. The first kappa shape index (κ1) is 25.8. The van der Waals surface area contributed by atoms with Crippen LogP contribution in [0.5, 0.6) is 11.5 Å². The smallest absolute Gasteiger partial charge is 0.340 e. The third kappa shape index (κ3) is 4.10. The van der Waals surface area contributed by atoms with Crippen molar-refractivity contribution in [3.8, 4) is 11.5 Å². The fraction of sp³-hybridized carbons (Fsp3) is 0.417. The van der Waals surface area contributed by atoms with E-state index < -0.39 is 11.6 Å². The highest BCUT2D eigenvalue weighted by Crippen LogP contribution is 2.57. The van der Waals surface area contributed by atoms with E-state index in [1.807, 2.05) is 42.5 Å². The van der Waals surface area contributed by atoms with Crippen molar-refractivity contribution in [2.45, 2.75) is 57.0 Å². The summed E-state index contributed by atoms with van der Waals surface area (Å²) in [5.74, 6) is 2.30. The molecule has 1 aliphatic heterocycles. The molecule has 0 aromatic heterocycles. The summed E-state index contributed by atoms with van der Waals surface area (Å²) in [5.41, 5.74) is 1.56. The number of carbonyl (C=O) groups is 3. The normalized spacial score (nSPS) is 32.0. The molecule has 0 bridgehead atoms. The number of ether oxygens (including phenoxy) is 3. The van der Waals surface area contributed by atoms with Gasteiger partial charge in [0, 0.05) is 16.7 Å². The summed E-state index contributed by atoms with van der Waals surface area (Å²) in [4.78, 5) is 38.8. The molecule has 8 rings (SSSR count). The second-order valence-electron chi connectivity index (χ2n) is 12.8. The van der Waals surface area contributed by atoms with E-state index >= 15 is 0 Å². The topological polar surface area (TPSA) is 78.9 Å². The molecule has 4 fully saturated rings. The number of carbonyl (C=O) groups excluding carboxylic acids is 3. The maximum absolute atomic E-state index is 13.1. The van der Waals surface area contributed by atoms with Gasteiger partial charge in [0.1, 0.15) is 11.5 Å². The summed E-state index contributed by atoms with van der Waals surface area (Å²) in [6.45, 7) is 0. The van der Waals surface area contributed by atoms with Gasteiger partial charge in [-0.15, -0.1) is 0 Å². The molecule has 3 aromatic carbocycles. The standard InChI is InChI=1S/C36H34O6/c37-33-29-11-5-6-12-30(29)36(42-33,21-13-17-23(18-14-21)40-34(38)31-25-7-1-2-8-26(25)31)22-15-19-24(20-16-22)41-35(39)32-27-9-3-4-10-28(27)32/h5-6,11-20,25-28,31-32H,1-4,7-10H2/t25-,26-,27-,28+,32?,36?/m0/s1. The van der Waals surface area contributed by atoms with Crippen LogP contribution in [-0.4, -0.2) is 17.9 Å². The van der Waals surface area contributed by atoms with Crippen molar-refractivity contribution in [2.24, 2.45) is 35.5 Å². The minimum absolute atomic E-state index is 0.0257. The first-order valence-electron chi connectivity index (χ1n) is 15.5. The van der Waals surface area contributed by atoms with Crippen LogP contribution in [0.1, 0.15) is 78.4 Å². The van der Waals surface area contributed by atoms with Crippen molar-refractivity contribution < 1.29 is 28.6 Å². The molecule has 6 heteroatoms. The first-order valence-corrected chi connectivity index (χ1v) is 15.5. The summed E-state index contributed by atoms with van der Waals surface area (Å²) >= 11 is 0. The predicted octanol–water partition coefficient (Wildman–Crippen LogP) is 6.83. The van der Waals surface area contributed by atoms with Crippen molar-refractivity contribution >= 4 is 17.9 Å². The van der Waals surface area contributed by atoms with Crippen molar-refractivity contribution in [2.75, 3.05) is 0 Å². The summed E-state index contributed by atoms with van der Waals surface area (Å²) in [6, 6.07) is 22.0. The van der Waals surface area contributed by atoms with Gasteiger partial charge in [-0.2, -0.15) is 0 Å². The van der Waals surface area contributed by atoms with Gasteiger partial charge in [0.25, 0.3) is 0 Å². The van der Waals surface area contributed by atoms with E-state index in [-0.39, 0.29) is 23.8 Å². The van der Waals surface area contributed by atoms with Gasteiger partial charge < -0.3 is 14.2 Å². The maximum Gasteiger partial charge on any atom is 0.340 e. The van der Waals surface area contributed by atoms with Gasteiger partial charge in [0.05, 0.1) is 17.4 Å². The second kappa shape index (κ2) is 9.82. The summed E-state index contributed by atoms with van der Waals surface area (Å²) in [6.07, 6.45) is 9.29. The second-order valence-corrected chi connectivity index (χ2v) is 12.8. The lowest BCUT2D eigenvalue weighted by atomic mass is 9.80. The summed E-state index contributed by atoms with van der Waals surface area (Å²) in [7, 11) is 0. The van der Waals surface area contributed by atoms with Crippen LogP contribution in [-0.2, 0) is 19.9 Å². The monoisotopic (exact) mass is 562 g/mol. The van der Waals surface area contributed by atoms with Crippen LogP contribution in [0.2, 0.25) is 0 Å². The number of fused-ring (bicyclic) bond motifs is 3. The van der Waals surface area contributed by atoms with Gasteiger partial charge in [0.15, 0.2) is 5.60 Å². The number of esters is 3. The highest BCUT2D eigenvalue weighted by atomic mass is 16.6. The predicted molar refractivity (Wildman–Crippen MR) is 154 cm³/mol. The Kier molecular flexibility index (Phi) is 6.02. The van der Waals surface area contributed by atoms with E-state index in [0.29, 0.717) is 40.7 Å². The molecule has 2 unspecified atom stereocenters. The van der Waals surface area contributed by atoms with Gasteiger partial charge >= 0.3 is 17.9 Å². The van der Waals surface area contributed by atoms with Crippen molar-refractivity contribution in [3.63, 3.8) is 0 Å². The Labute approximate surface area is 245 Å². The maximum atomic E-state index is 13.1. The Morgan fingerprint density at radius 3 is 1.50 bits per heavy atom. The van der Waals surface area contributed by atoms with E-state index in [1.54, 1.807) is 30.3 Å². The highest BCUT2D eigenvalue weighted by molar-refractivity contribution is 5.96. The number of cyclic esters (lactones) is 1. The van der Waals surface area contributed by atoms with Crippen molar-refractivity contribution in [1.82, 2.24) is 0 Å². The third-order valence-corrected chi connectivity index (χ3v) is 10.6. The van der Waals surface area contributed by atoms with E-state index in [2.05, 4.69) is 0 Å². The largest absolute Gasteiger partial charge is 0.441 e. The first-order chi connectivity index (χ1) is 20.5. The Bertz CT molecular complexity index is 1450. The molecule has 0 radical (unpaired) electrons. The quantitative estimate of drug-likeness (QED) is 0.242. The number of rotatable bonds is 6. The van der Waals surface area contributed by atoms with Gasteiger partial charge in [-0.1, -0.05) is 68.1 Å². The van der Waals surface area contributed by atoms with Gasteiger partial charge in [0.2, 0.25) is 0 Å². The van der Waals surface area contributed by atoms with Crippen LogP contribution < -0.4 is 9.47 Å². The molecule has 1 heterocycles. The lowest BCUT2D eigenvalue weighted by Gasteiger charge is -2.30. The van der Waals surface area contributed by atoms with E-state index in [9.17, 15) is 14.4 Å². The van der Waals surface area contributed by atoms with Crippen LogP contribution in [0.15, 0.2) is 72.8 Å². The van der Waals surface area contributed by atoms with Crippen LogP contribution in [0, 0.1) is 35.5 Å². The zero-order chi connectivity index (χ0) is 28.4. The Hall–Kier alpha value is -3.93. The van der Waals surface area contributed by atoms with Crippen molar-refractivity contribution in [3.05, 3.63) is 95.1 Å². The molecule has 0 saturated heterocycles. The average Bonchev–Trinajstić information content (AvgIpc) is 3.92. The van der Waals surface area contributed by atoms with E-state index in [1.165, 1.54) is 25.7 Å². The lowest BCUT2D eigenvalue weighted by Crippen LogP contribution is -2.29. The SMILES string of the molecule is O=C1OC(c2ccc(OC(=O)C3[C@H]4CCCC[C@H]34)cc2)(c2ccc(OC(=O)C3[C@H]4CCCC[C@@H]34)cc2)c2ccccc21.